The highest BCUT2D eigenvalue weighted by molar-refractivity contribution is 6.31. The summed E-state index contributed by atoms with van der Waals surface area (Å²) in [5.74, 6) is -5.08. The lowest BCUT2D eigenvalue weighted by molar-refractivity contribution is -0.247. The minimum Gasteiger partial charge on any atom is -0.507 e. The molecule has 2 heterocycles. The number of likely N-dealkylation sites (tertiary alicyclic amines) is 1. The standard InChI is InChI=1S/C31H32N2O12/c1-12-26(37)15(32)8-21(44-12)45-17-10-31(42,18(34)11-33-19(35)6-7-20(33)36)9-14-23(17)30(41)25-24(28(14)39)27(38)13-4-3-5-16(43-2)22(13)29(25)40/h3-5,12,15,17,21,26,37,39,41-42H,6-11,32H2,1-2H3. The van der Waals surface area contributed by atoms with Crippen molar-refractivity contribution in [3.63, 3.8) is 0 Å². The Balaban J connectivity index is 1.48. The van der Waals surface area contributed by atoms with Crippen molar-refractivity contribution in [3.05, 3.63) is 51.6 Å². The number of aliphatic hydroxyl groups excluding tert-OH is 1. The number of imide groups is 1. The molecule has 4 aliphatic rings. The van der Waals surface area contributed by atoms with Gasteiger partial charge in [-0.3, -0.25) is 28.9 Å². The van der Waals surface area contributed by atoms with Crippen LogP contribution in [0.25, 0.3) is 0 Å². The van der Waals surface area contributed by atoms with E-state index in [1.54, 1.807) is 6.92 Å². The number of ether oxygens (including phenoxy) is 3. The molecule has 14 heteroatoms. The van der Waals surface area contributed by atoms with Crippen molar-refractivity contribution in [1.82, 2.24) is 4.90 Å². The van der Waals surface area contributed by atoms with E-state index in [2.05, 4.69) is 0 Å². The van der Waals surface area contributed by atoms with E-state index in [1.165, 1.54) is 25.3 Å². The van der Waals surface area contributed by atoms with Crippen LogP contribution in [0.2, 0.25) is 0 Å². The molecule has 14 nitrogen and oxygen atoms in total. The van der Waals surface area contributed by atoms with E-state index in [0.29, 0.717) is 0 Å². The normalized spacial score (nSPS) is 29.4. The van der Waals surface area contributed by atoms with Gasteiger partial charge in [-0.1, -0.05) is 12.1 Å². The van der Waals surface area contributed by atoms with Crippen LogP contribution in [0.3, 0.4) is 0 Å². The second-order valence-electron chi connectivity index (χ2n) is 11.9. The van der Waals surface area contributed by atoms with Gasteiger partial charge in [0.05, 0.1) is 48.7 Å². The summed E-state index contributed by atoms with van der Waals surface area (Å²) in [7, 11) is 1.31. The minimum atomic E-state index is -2.36. The Hall–Kier alpha value is -4.21. The number of rotatable bonds is 6. The van der Waals surface area contributed by atoms with Gasteiger partial charge in [-0.05, 0) is 13.0 Å². The Bertz CT molecular complexity index is 1640. The molecule has 45 heavy (non-hydrogen) atoms. The molecular weight excluding hydrogens is 592 g/mol. The zero-order valence-corrected chi connectivity index (χ0v) is 24.4. The summed E-state index contributed by atoms with van der Waals surface area (Å²) in [6, 6.07) is 3.55. The van der Waals surface area contributed by atoms with E-state index < -0.39 is 107 Å². The third-order valence-electron chi connectivity index (χ3n) is 9.12. The van der Waals surface area contributed by atoms with Gasteiger partial charge in [0.15, 0.2) is 17.9 Å². The van der Waals surface area contributed by atoms with E-state index in [0.717, 1.165) is 4.90 Å². The van der Waals surface area contributed by atoms with Crippen LogP contribution in [0.15, 0.2) is 18.2 Å². The molecule has 6 rings (SSSR count). The maximum Gasteiger partial charge on any atom is 0.230 e. The van der Waals surface area contributed by atoms with Crippen molar-refractivity contribution in [3.8, 4) is 17.2 Å². The first kappa shape index (κ1) is 30.8. The first-order chi connectivity index (χ1) is 21.3. The Morgan fingerprint density at radius 3 is 2.38 bits per heavy atom. The van der Waals surface area contributed by atoms with Crippen LogP contribution < -0.4 is 10.5 Å². The molecule has 0 radical (unpaired) electrons. The fraction of sp³-hybridized carbons (Fsp3) is 0.452. The third-order valence-corrected chi connectivity index (χ3v) is 9.12. The number of ketones is 3. The summed E-state index contributed by atoms with van der Waals surface area (Å²) < 4.78 is 17.2. The molecule has 0 bridgehead atoms. The first-order valence-electron chi connectivity index (χ1n) is 14.5. The van der Waals surface area contributed by atoms with Crippen LogP contribution >= 0.6 is 0 Å². The van der Waals surface area contributed by atoms with Gasteiger partial charge >= 0.3 is 0 Å². The molecule has 2 aliphatic heterocycles. The van der Waals surface area contributed by atoms with Crippen molar-refractivity contribution < 1.29 is 58.6 Å². The molecule has 0 aromatic heterocycles. The third kappa shape index (κ3) is 4.80. The monoisotopic (exact) mass is 624 g/mol. The number of aromatic hydroxyl groups is 2. The minimum absolute atomic E-state index is 0.0276. The van der Waals surface area contributed by atoms with Crippen molar-refractivity contribution >= 4 is 29.2 Å². The molecule has 6 unspecified atom stereocenters. The van der Waals surface area contributed by atoms with Gasteiger partial charge in [0.2, 0.25) is 17.6 Å². The summed E-state index contributed by atoms with van der Waals surface area (Å²) in [4.78, 5) is 66.3. The van der Waals surface area contributed by atoms with Crippen molar-refractivity contribution in [2.45, 2.75) is 75.3 Å². The van der Waals surface area contributed by atoms with Crippen LogP contribution in [0.1, 0.15) is 81.7 Å². The number of hydrogen-bond acceptors (Lipinski definition) is 13. The number of hydrogen-bond donors (Lipinski definition) is 5. The van der Waals surface area contributed by atoms with Crippen LogP contribution in [0, 0.1) is 0 Å². The van der Waals surface area contributed by atoms with Gasteiger partial charge in [-0.15, -0.1) is 0 Å². The second kappa shape index (κ2) is 11.0. The molecular formula is C31H32N2O12. The van der Waals surface area contributed by atoms with Crippen LogP contribution in [-0.4, -0.2) is 98.3 Å². The summed E-state index contributed by atoms with van der Waals surface area (Å²) in [5.41, 5.74) is 2.08. The highest BCUT2D eigenvalue weighted by atomic mass is 16.7. The van der Waals surface area contributed by atoms with Gasteiger partial charge in [0, 0.05) is 54.8 Å². The van der Waals surface area contributed by atoms with Gasteiger partial charge < -0.3 is 40.4 Å². The lowest BCUT2D eigenvalue weighted by Crippen LogP contribution is -2.53. The Morgan fingerprint density at radius 2 is 1.73 bits per heavy atom. The average Bonchev–Trinajstić information content (AvgIpc) is 3.31. The van der Waals surface area contributed by atoms with E-state index in [-0.39, 0.29) is 47.3 Å². The largest absolute Gasteiger partial charge is 0.507 e. The summed E-state index contributed by atoms with van der Waals surface area (Å²) in [6.07, 6.45) is -5.70. The van der Waals surface area contributed by atoms with Crippen LogP contribution in [-0.2, 0) is 30.3 Å². The Morgan fingerprint density at radius 1 is 1.07 bits per heavy atom. The Kier molecular flexibility index (Phi) is 7.53. The van der Waals surface area contributed by atoms with Crippen molar-refractivity contribution in [1.29, 1.82) is 0 Å². The predicted octanol–water partition coefficient (Wildman–Crippen LogP) is 0.158. The number of nitrogens with zero attached hydrogens (tertiary/aromatic N) is 1. The fourth-order valence-electron chi connectivity index (χ4n) is 6.69. The van der Waals surface area contributed by atoms with Gasteiger partial charge in [-0.25, -0.2) is 0 Å². The van der Waals surface area contributed by atoms with E-state index >= 15 is 0 Å². The average molecular weight is 625 g/mol. The smallest absolute Gasteiger partial charge is 0.230 e. The number of phenols is 2. The number of aliphatic hydroxyl groups is 2. The highest BCUT2D eigenvalue weighted by Gasteiger charge is 2.51. The summed E-state index contributed by atoms with van der Waals surface area (Å²) in [5, 5.41) is 45.3. The molecule has 6 atom stereocenters. The lowest BCUT2D eigenvalue weighted by Gasteiger charge is -2.42. The molecule has 2 aliphatic carbocycles. The number of nitrogens with two attached hydrogens (primary N) is 1. The van der Waals surface area contributed by atoms with Crippen molar-refractivity contribution in [2.75, 3.05) is 13.7 Å². The van der Waals surface area contributed by atoms with E-state index in [4.69, 9.17) is 19.9 Å². The number of carbonyl (C=O) groups is 5. The lowest BCUT2D eigenvalue weighted by atomic mass is 9.71. The molecule has 238 valence electrons. The maximum atomic E-state index is 13.8. The molecule has 2 saturated heterocycles. The fourth-order valence-corrected chi connectivity index (χ4v) is 6.69. The SMILES string of the molecule is COc1cccc2c1C(=O)c1c(O)c3c(c(O)c1C2=O)CC(O)(C(=O)CN1C(=O)CCC1=O)CC3OC1CC(N)C(O)C(C)O1. The van der Waals surface area contributed by atoms with E-state index in [1.807, 2.05) is 0 Å². The number of methoxy groups -OCH3 is 1. The number of fused-ring (bicyclic) bond motifs is 3. The van der Waals surface area contributed by atoms with Crippen molar-refractivity contribution in [2.24, 2.45) is 5.73 Å². The zero-order chi connectivity index (χ0) is 32.5. The zero-order valence-electron chi connectivity index (χ0n) is 24.4. The molecule has 2 aromatic rings. The Labute approximate surface area is 256 Å². The first-order valence-corrected chi connectivity index (χ1v) is 14.5. The predicted molar refractivity (Wildman–Crippen MR) is 151 cm³/mol. The van der Waals surface area contributed by atoms with Crippen LogP contribution in [0.4, 0.5) is 0 Å². The van der Waals surface area contributed by atoms with Gasteiger partial charge in [0.1, 0.15) is 22.8 Å². The van der Waals surface area contributed by atoms with Crippen LogP contribution in [0.5, 0.6) is 17.2 Å². The number of carbonyl (C=O) groups excluding carboxylic acids is 5. The van der Waals surface area contributed by atoms with Gasteiger partial charge in [-0.2, -0.15) is 0 Å². The molecule has 2 fully saturated rings. The number of benzene rings is 2. The molecule has 2 aromatic carbocycles. The summed E-state index contributed by atoms with van der Waals surface area (Å²) in [6.45, 7) is 0.820. The maximum absolute atomic E-state index is 13.8. The quantitative estimate of drug-likeness (QED) is 0.182. The van der Waals surface area contributed by atoms with E-state index in [9.17, 15) is 44.4 Å². The molecule has 2 amide bonds. The van der Waals surface area contributed by atoms with Gasteiger partial charge in [0.25, 0.3) is 0 Å². The molecule has 0 spiro atoms. The number of amides is 2. The summed E-state index contributed by atoms with van der Waals surface area (Å²) >= 11 is 0. The number of Topliss-reactive ketones (excluding diaryl/α,β-unsaturated/α-hetero) is 1. The molecule has 6 N–H and O–H groups in total. The molecule has 0 saturated carbocycles. The highest BCUT2D eigenvalue weighted by Crippen LogP contribution is 2.52. The second-order valence-corrected chi connectivity index (χ2v) is 11.9. The number of phenolic OH excluding ortho intramolecular Hbond substituents is 2. The topological polar surface area (TPSA) is 223 Å².